The first-order chi connectivity index (χ1) is 11.3. The van der Waals surface area contributed by atoms with E-state index in [1.54, 1.807) is 13.4 Å². The van der Waals surface area contributed by atoms with Gasteiger partial charge in [0.25, 0.3) is 0 Å². The van der Waals surface area contributed by atoms with E-state index in [1.165, 1.54) is 0 Å². The van der Waals surface area contributed by atoms with Crippen LogP contribution in [0.5, 0.6) is 11.5 Å². The van der Waals surface area contributed by atoms with Gasteiger partial charge in [-0.2, -0.15) is 0 Å². The largest absolute Gasteiger partial charge is 0.493 e. The molecule has 0 aliphatic carbocycles. The van der Waals surface area contributed by atoms with E-state index in [-0.39, 0.29) is 0 Å². The number of hydrogen-bond acceptors (Lipinski definition) is 6. The van der Waals surface area contributed by atoms with Gasteiger partial charge in [-0.3, -0.25) is 4.90 Å². The number of rotatable bonds is 6. The van der Waals surface area contributed by atoms with Crippen LogP contribution in [0.15, 0.2) is 18.5 Å². The highest BCUT2D eigenvalue weighted by molar-refractivity contribution is 7.71. The lowest BCUT2D eigenvalue weighted by Gasteiger charge is -2.26. The molecule has 1 aromatic carbocycles. The van der Waals surface area contributed by atoms with Crippen molar-refractivity contribution in [2.24, 2.45) is 0 Å². The third kappa shape index (κ3) is 3.99. The van der Waals surface area contributed by atoms with Gasteiger partial charge < -0.3 is 19.2 Å². The number of methoxy groups -OCH3 is 1. The van der Waals surface area contributed by atoms with Crippen molar-refractivity contribution < 1.29 is 14.2 Å². The van der Waals surface area contributed by atoms with E-state index < -0.39 is 0 Å². The van der Waals surface area contributed by atoms with E-state index in [2.05, 4.69) is 14.9 Å². The molecule has 1 aliphatic heterocycles. The van der Waals surface area contributed by atoms with Crippen LogP contribution >= 0.6 is 12.2 Å². The van der Waals surface area contributed by atoms with Gasteiger partial charge in [0.05, 0.1) is 38.8 Å². The molecule has 7 heteroatoms. The topological polar surface area (TPSA) is 59.6 Å². The monoisotopic (exact) mass is 335 g/mol. The predicted octanol–water partition coefficient (Wildman–Crippen LogP) is 2.40. The third-order valence-electron chi connectivity index (χ3n) is 3.92. The number of hydrogen-bond donors (Lipinski definition) is 1. The highest BCUT2D eigenvalue weighted by Gasteiger charge is 2.11. The number of H-pyrrole nitrogens is 1. The molecule has 2 heterocycles. The van der Waals surface area contributed by atoms with Gasteiger partial charge >= 0.3 is 0 Å². The van der Waals surface area contributed by atoms with Gasteiger partial charge in [0, 0.05) is 31.1 Å². The first-order valence-electron chi connectivity index (χ1n) is 7.76. The van der Waals surface area contributed by atoms with E-state index in [4.69, 9.17) is 26.4 Å². The molecular weight excluding hydrogens is 314 g/mol. The Balaban J connectivity index is 1.64. The summed E-state index contributed by atoms with van der Waals surface area (Å²) in [6.45, 7) is 5.30. The van der Waals surface area contributed by atoms with Crippen molar-refractivity contribution >= 4 is 23.1 Å². The van der Waals surface area contributed by atoms with Crippen LogP contribution in [0.4, 0.5) is 0 Å². The average molecular weight is 335 g/mol. The molecule has 0 atom stereocenters. The Morgan fingerprint density at radius 2 is 2.13 bits per heavy atom. The fourth-order valence-corrected chi connectivity index (χ4v) is 2.88. The number of fused-ring (bicyclic) bond motifs is 1. The first-order valence-corrected chi connectivity index (χ1v) is 8.17. The van der Waals surface area contributed by atoms with Crippen LogP contribution in [-0.4, -0.2) is 61.4 Å². The Morgan fingerprint density at radius 1 is 1.30 bits per heavy atom. The zero-order valence-corrected chi connectivity index (χ0v) is 14.0. The molecule has 23 heavy (non-hydrogen) atoms. The second-order valence-corrected chi connectivity index (χ2v) is 5.80. The van der Waals surface area contributed by atoms with Gasteiger partial charge in [-0.1, -0.05) is 12.2 Å². The lowest BCUT2D eigenvalue weighted by Crippen LogP contribution is -2.37. The first kappa shape index (κ1) is 16.2. The normalized spacial score (nSPS) is 15.7. The van der Waals surface area contributed by atoms with E-state index >= 15 is 0 Å². The molecule has 0 bridgehead atoms. The number of nitrogens with zero attached hydrogens (tertiary/aromatic N) is 2. The Hall–Kier alpha value is -1.70. The maximum Gasteiger partial charge on any atom is 0.162 e. The molecule has 0 spiro atoms. The average Bonchev–Trinajstić information content (AvgIpc) is 2.59. The molecular formula is C16H21N3O3S. The SMILES string of the molecule is COc1cc2[nH]cnc(=S)c2cc1OCCCN1CCOCC1. The van der Waals surface area contributed by atoms with E-state index in [9.17, 15) is 0 Å². The minimum absolute atomic E-state index is 0.555. The molecule has 6 nitrogen and oxygen atoms in total. The minimum atomic E-state index is 0.555. The lowest BCUT2D eigenvalue weighted by atomic mass is 10.2. The maximum absolute atomic E-state index is 5.91. The Labute approximate surface area is 140 Å². The third-order valence-corrected chi connectivity index (χ3v) is 4.24. The maximum atomic E-state index is 5.91. The van der Waals surface area contributed by atoms with Gasteiger partial charge in [-0.25, -0.2) is 4.98 Å². The minimum Gasteiger partial charge on any atom is -0.493 e. The fraction of sp³-hybridized carbons (Fsp3) is 0.500. The predicted molar refractivity (Wildman–Crippen MR) is 90.9 cm³/mol. The number of morpholine rings is 1. The summed E-state index contributed by atoms with van der Waals surface area (Å²) in [4.78, 5) is 9.57. The number of nitrogens with one attached hydrogen (secondary N) is 1. The summed E-state index contributed by atoms with van der Waals surface area (Å²) in [5.74, 6) is 1.40. The molecule has 1 aliphatic rings. The number of aromatic amines is 1. The number of benzene rings is 1. The van der Waals surface area contributed by atoms with Crippen LogP contribution in [0.1, 0.15) is 6.42 Å². The summed E-state index contributed by atoms with van der Waals surface area (Å²) in [5.41, 5.74) is 0.891. The van der Waals surface area contributed by atoms with Crippen LogP contribution in [-0.2, 0) is 4.74 Å². The quantitative estimate of drug-likeness (QED) is 0.646. The molecule has 3 rings (SSSR count). The molecule has 1 saturated heterocycles. The zero-order chi connectivity index (χ0) is 16.1. The van der Waals surface area contributed by atoms with Crippen LogP contribution in [0, 0.1) is 4.64 Å². The molecule has 2 aromatic rings. The van der Waals surface area contributed by atoms with E-state index in [1.807, 2.05) is 12.1 Å². The fourth-order valence-electron chi connectivity index (χ4n) is 2.65. The summed E-state index contributed by atoms with van der Waals surface area (Å²) in [6, 6.07) is 3.79. The van der Waals surface area contributed by atoms with Crippen molar-refractivity contribution in [2.45, 2.75) is 6.42 Å². The van der Waals surface area contributed by atoms with Gasteiger partial charge in [0.1, 0.15) is 4.64 Å². The van der Waals surface area contributed by atoms with Gasteiger partial charge in [0.15, 0.2) is 11.5 Å². The van der Waals surface area contributed by atoms with Crippen molar-refractivity contribution in [2.75, 3.05) is 46.6 Å². The summed E-state index contributed by atoms with van der Waals surface area (Å²) in [7, 11) is 1.64. The highest BCUT2D eigenvalue weighted by Crippen LogP contribution is 2.31. The Morgan fingerprint density at radius 3 is 2.91 bits per heavy atom. The standard InChI is InChI=1S/C16H21N3O3S/c1-20-14-10-13-12(16(23)18-11-17-13)9-15(14)22-6-2-3-19-4-7-21-8-5-19/h9-11H,2-8H2,1H3,(H,17,18,23). The molecule has 0 unspecified atom stereocenters. The van der Waals surface area contributed by atoms with Crippen molar-refractivity contribution in [3.63, 3.8) is 0 Å². The number of ether oxygens (including phenoxy) is 3. The lowest BCUT2D eigenvalue weighted by molar-refractivity contribution is 0.0357. The van der Waals surface area contributed by atoms with Gasteiger partial charge in [-0.05, 0) is 12.5 Å². The van der Waals surface area contributed by atoms with Crippen LogP contribution in [0.3, 0.4) is 0 Å². The summed E-state index contributed by atoms with van der Waals surface area (Å²) in [6.07, 6.45) is 2.55. The molecule has 0 radical (unpaired) electrons. The van der Waals surface area contributed by atoms with Crippen LogP contribution < -0.4 is 9.47 Å². The highest BCUT2D eigenvalue weighted by atomic mass is 32.1. The van der Waals surface area contributed by atoms with Crippen molar-refractivity contribution in [1.29, 1.82) is 0 Å². The molecule has 1 N–H and O–H groups in total. The Bertz CT molecular complexity index is 713. The van der Waals surface area contributed by atoms with Gasteiger partial charge in [0.2, 0.25) is 0 Å². The molecule has 124 valence electrons. The molecule has 1 aromatic heterocycles. The van der Waals surface area contributed by atoms with Gasteiger partial charge in [-0.15, -0.1) is 0 Å². The summed E-state index contributed by atoms with van der Waals surface area (Å²) < 4.78 is 17.2. The second-order valence-electron chi connectivity index (χ2n) is 5.41. The summed E-state index contributed by atoms with van der Waals surface area (Å²) >= 11 is 5.27. The summed E-state index contributed by atoms with van der Waals surface area (Å²) in [5, 5.41) is 0.867. The smallest absolute Gasteiger partial charge is 0.162 e. The van der Waals surface area contributed by atoms with Crippen LogP contribution in [0.25, 0.3) is 10.9 Å². The van der Waals surface area contributed by atoms with E-state index in [0.29, 0.717) is 22.7 Å². The Kier molecular flexibility index (Phi) is 5.43. The zero-order valence-electron chi connectivity index (χ0n) is 13.2. The molecule has 0 saturated carbocycles. The van der Waals surface area contributed by atoms with Crippen molar-refractivity contribution in [1.82, 2.24) is 14.9 Å². The van der Waals surface area contributed by atoms with Crippen molar-refractivity contribution in [3.05, 3.63) is 23.1 Å². The molecule has 1 fully saturated rings. The van der Waals surface area contributed by atoms with Crippen molar-refractivity contribution in [3.8, 4) is 11.5 Å². The van der Waals surface area contributed by atoms with E-state index in [0.717, 1.165) is 50.2 Å². The molecule has 0 amide bonds. The van der Waals surface area contributed by atoms with Crippen LogP contribution in [0.2, 0.25) is 0 Å². The second kappa shape index (κ2) is 7.72. The number of aromatic nitrogens is 2.